The molecule has 2 aliphatic rings. The Morgan fingerprint density at radius 1 is 1.42 bits per heavy atom. The highest BCUT2D eigenvalue weighted by molar-refractivity contribution is 5.86. The van der Waals surface area contributed by atoms with Crippen molar-refractivity contribution >= 4 is 11.8 Å². The molecule has 2 fully saturated rings. The van der Waals surface area contributed by atoms with E-state index in [0.29, 0.717) is 12.1 Å². The molecule has 0 aromatic carbocycles. The Kier molecular flexibility index (Phi) is 3.27. The summed E-state index contributed by atoms with van der Waals surface area (Å²) in [7, 11) is 0. The number of carboxylic acids is 1. The second-order valence-corrected chi connectivity index (χ2v) is 6.61. The molecule has 3 heterocycles. The van der Waals surface area contributed by atoms with Crippen molar-refractivity contribution in [1.82, 2.24) is 14.8 Å². The van der Waals surface area contributed by atoms with Crippen LogP contribution in [-0.2, 0) is 6.54 Å². The van der Waals surface area contributed by atoms with Crippen LogP contribution in [0.3, 0.4) is 0 Å². The fraction of sp³-hybridized carbons (Fsp3) is 0.412. The zero-order chi connectivity index (χ0) is 16.8. The number of carbonyl (C=O) groups is 1. The Morgan fingerprint density at radius 2 is 2.17 bits per heavy atom. The Balaban J connectivity index is 1.62. The summed E-state index contributed by atoms with van der Waals surface area (Å²) in [5.41, 5.74) is 2.52. The van der Waals surface area contributed by atoms with Crippen LogP contribution in [0.25, 0.3) is 0 Å². The molecule has 24 heavy (non-hydrogen) atoms. The largest absolute Gasteiger partial charge is 0.478 e. The van der Waals surface area contributed by atoms with E-state index in [1.807, 2.05) is 6.92 Å². The van der Waals surface area contributed by atoms with Crippen molar-refractivity contribution in [3.8, 4) is 6.07 Å². The van der Waals surface area contributed by atoms with Crippen molar-refractivity contribution < 1.29 is 9.90 Å². The Morgan fingerprint density at radius 3 is 2.79 bits per heavy atom. The zero-order valence-electron chi connectivity index (χ0n) is 13.3. The van der Waals surface area contributed by atoms with Gasteiger partial charge in [-0.25, -0.2) is 9.78 Å². The Bertz CT molecular complexity index is 856. The van der Waals surface area contributed by atoms with E-state index in [1.165, 1.54) is 18.8 Å². The molecule has 2 aromatic heterocycles. The summed E-state index contributed by atoms with van der Waals surface area (Å²) >= 11 is 0. The summed E-state index contributed by atoms with van der Waals surface area (Å²) in [5.74, 6) is 1.32. The van der Waals surface area contributed by atoms with Crippen LogP contribution in [-0.4, -0.2) is 38.9 Å². The van der Waals surface area contributed by atoms with Crippen molar-refractivity contribution in [3.63, 3.8) is 0 Å². The van der Waals surface area contributed by atoms with E-state index in [4.69, 9.17) is 5.11 Å². The third kappa shape index (κ3) is 2.40. The summed E-state index contributed by atoms with van der Waals surface area (Å²) in [6.45, 7) is 4.29. The van der Waals surface area contributed by atoms with Gasteiger partial charge >= 0.3 is 5.97 Å². The monoisotopic (exact) mass is 323 g/mol. The predicted octanol–water partition coefficient (Wildman–Crippen LogP) is 1.66. The summed E-state index contributed by atoms with van der Waals surface area (Å²) in [5, 5.41) is 22.6. The molecule has 0 bridgehead atoms. The summed E-state index contributed by atoms with van der Waals surface area (Å²) in [6, 6.07) is 2.29. The number of aromatic nitrogens is 3. The molecule has 1 N–H and O–H groups in total. The van der Waals surface area contributed by atoms with Crippen LogP contribution < -0.4 is 4.90 Å². The van der Waals surface area contributed by atoms with Gasteiger partial charge in [-0.2, -0.15) is 10.4 Å². The number of nitrogens with zero attached hydrogens (tertiary/aromatic N) is 5. The van der Waals surface area contributed by atoms with Gasteiger partial charge in [0, 0.05) is 25.5 Å². The average molecular weight is 323 g/mol. The van der Waals surface area contributed by atoms with Gasteiger partial charge in [0.1, 0.15) is 11.9 Å². The molecular formula is C17H17N5O2. The molecule has 2 unspecified atom stereocenters. The third-order valence-corrected chi connectivity index (χ3v) is 5.03. The van der Waals surface area contributed by atoms with Crippen LogP contribution >= 0.6 is 0 Å². The molecule has 7 nitrogen and oxygen atoms in total. The number of hydrogen-bond donors (Lipinski definition) is 1. The first-order valence-electron chi connectivity index (χ1n) is 7.96. The molecule has 2 atom stereocenters. The highest BCUT2D eigenvalue weighted by atomic mass is 16.4. The number of carboxylic acid groups (broad SMARTS) is 1. The van der Waals surface area contributed by atoms with E-state index < -0.39 is 5.97 Å². The number of anilines is 1. The number of aromatic carboxylic acids is 1. The van der Waals surface area contributed by atoms with Crippen LogP contribution in [0.15, 0.2) is 18.6 Å². The minimum atomic E-state index is -1.00. The molecule has 7 heteroatoms. The molecule has 1 saturated heterocycles. The highest BCUT2D eigenvalue weighted by Gasteiger charge is 2.46. The lowest BCUT2D eigenvalue weighted by molar-refractivity contribution is 0.0697. The second-order valence-electron chi connectivity index (χ2n) is 6.61. The van der Waals surface area contributed by atoms with Crippen molar-refractivity contribution in [2.75, 3.05) is 18.0 Å². The Hall–Kier alpha value is -2.88. The van der Waals surface area contributed by atoms with E-state index in [2.05, 4.69) is 21.1 Å². The van der Waals surface area contributed by atoms with E-state index in [1.54, 1.807) is 10.9 Å². The lowest BCUT2D eigenvalue weighted by Gasteiger charge is -2.22. The first kappa shape index (κ1) is 14.7. The van der Waals surface area contributed by atoms with Gasteiger partial charge < -0.3 is 10.0 Å². The van der Waals surface area contributed by atoms with Crippen molar-refractivity contribution in [2.24, 2.45) is 11.8 Å². The van der Waals surface area contributed by atoms with Crippen molar-refractivity contribution in [2.45, 2.75) is 19.9 Å². The molecule has 2 aromatic rings. The van der Waals surface area contributed by atoms with Gasteiger partial charge in [-0.1, -0.05) is 0 Å². The Labute approximate surface area is 139 Å². The second kappa shape index (κ2) is 5.34. The summed E-state index contributed by atoms with van der Waals surface area (Å²) in [4.78, 5) is 17.7. The van der Waals surface area contributed by atoms with Gasteiger partial charge in [0.05, 0.1) is 23.9 Å². The summed E-state index contributed by atoms with van der Waals surface area (Å²) < 4.78 is 1.55. The van der Waals surface area contributed by atoms with Gasteiger partial charge in [-0.3, -0.25) is 4.68 Å². The normalized spacial score (nSPS) is 21.4. The first-order valence-corrected chi connectivity index (χ1v) is 7.96. The number of fused-ring (bicyclic) bond motifs is 1. The van der Waals surface area contributed by atoms with Crippen LogP contribution in [0.4, 0.5) is 5.82 Å². The molecule has 0 amide bonds. The first-order chi connectivity index (χ1) is 11.6. The quantitative estimate of drug-likeness (QED) is 0.919. The molecule has 1 saturated carbocycles. The van der Waals surface area contributed by atoms with Crippen molar-refractivity contribution in [1.29, 1.82) is 5.26 Å². The maximum atomic E-state index is 10.9. The molecule has 1 aliphatic carbocycles. The van der Waals surface area contributed by atoms with Gasteiger partial charge in [0.15, 0.2) is 0 Å². The fourth-order valence-electron chi connectivity index (χ4n) is 3.47. The third-order valence-electron chi connectivity index (χ3n) is 5.03. The number of rotatable bonds is 4. The van der Waals surface area contributed by atoms with Crippen LogP contribution in [0.1, 0.15) is 33.5 Å². The van der Waals surface area contributed by atoms with E-state index in [0.717, 1.165) is 41.9 Å². The molecular weight excluding hydrogens is 306 g/mol. The highest BCUT2D eigenvalue weighted by Crippen LogP contribution is 2.46. The maximum absolute atomic E-state index is 10.9. The standard InChI is InChI=1S/C17H17N5O2/c1-10-13(8-22-9-14(5-20-22)17(23)24)4-19-16(15(10)3-18)21-6-11-2-12(11)7-21/h4-5,9,11-12H,2,6-8H2,1H3,(H,23,24). The minimum Gasteiger partial charge on any atom is -0.478 e. The number of hydrogen-bond acceptors (Lipinski definition) is 5. The average Bonchev–Trinajstić information content (AvgIpc) is 2.98. The minimum absolute atomic E-state index is 0.147. The van der Waals surface area contributed by atoms with E-state index in [9.17, 15) is 10.1 Å². The van der Waals surface area contributed by atoms with Gasteiger partial charge in [0.25, 0.3) is 0 Å². The van der Waals surface area contributed by atoms with E-state index in [-0.39, 0.29) is 5.56 Å². The predicted molar refractivity (Wildman–Crippen MR) is 85.8 cm³/mol. The van der Waals surface area contributed by atoms with Gasteiger partial charge in [-0.05, 0) is 36.3 Å². The molecule has 122 valence electrons. The van der Waals surface area contributed by atoms with Crippen LogP contribution in [0.2, 0.25) is 0 Å². The number of piperidine rings is 1. The lowest BCUT2D eigenvalue weighted by Crippen LogP contribution is -2.24. The summed E-state index contributed by atoms with van der Waals surface area (Å²) in [6.07, 6.45) is 5.88. The van der Waals surface area contributed by atoms with Crippen LogP contribution in [0.5, 0.6) is 0 Å². The molecule has 1 aliphatic heterocycles. The fourth-order valence-corrected chi connectivity index (χ4v) is 3.47. The zero-order valence-corrected chi connectivity index (χ0v) is 13.3. The lowest BCUT2D eigenvalue weighted by atomic mass is 10.1. The van der Waals surface area contributed by atoms with Crippen LogP contribution in [0, 0.1) is 30.1 Å². The molecule has 0 spiro atoms. The van der Waals surface area contributed by atoms with E-state index >= 15 is 0 Å². The SMILES string of the molecule is Cc1c(Cn2cc(C(=O)O)cn2)cnc(N2CC3CC3C2)c1C#N. The van der Waals surface area contributed by atoms with Gasteiger partial charge in [-0.15, -0.1) is 0 Å². The smallest absolute Gasteiger partial charge is 0.338 e. The topological polar surface area (TPSA) is 95.0 Å². The van der Waals surface area contributed by atoms with Crippen molar-refractivity contribution in [3.05, 3.63) is 40.8 Å². The van der Waals surface area contributed by atoms with Gasteiger partial charge in [0.2, 0.25) is 0 Å². The molecule has 0 radical (unpaired) electrons. The maximum Gasteiger partial charge on any atom is 0.338 e. The number of nitriles is 1. The number of pyridine rings is 1. The molecule has 4 rings (SSSR count).